The number of carbonyl (C=O) groups is 3. The fourth-order valence-electron chi connectivity index (χ4n) is 6.37. The molecular formula is C44H84O6. The highest BCUT2D eigenvalue weighted by molar-refractivity contribution is 5.71. The molecule has 0 radical (unpaired) electrons. The Labute approximate surface area is 310 Å². The largest absolute Gasteiger partial charge is 0.462 e. The van der Waals surface area contributed by atoms with Gasteiger partial charge in [-0.1, -0.05) is 195 Å². The first-order valence-electron chi connectivity index (χ1n) is 21.8. The van der Waals surface area contributed by atoms with E-state index in [-0.39, 0.29) is 31.1 Å². The first-order chi connectivity index (χ1) is 24.3. The van der Waals surface area contributed by atoms with Crippen LogP contribution in [0.1, 0.15) is 234 Å². The summed E-state index contributed by atoms with van der Waals surface area (Å²) < 4.78 is 16.7. The van der Waals surface area contributed by atoms with Gasteiger partial charge in [-0.15, -0.1) is 0 Å². The zero-order chi connectivity index (χ0) is 36.9. The van der Waals surface area contributed by atoms with Crippen molar-refractivity contribution >= 4 is 17.9 Å². The van der Waals surface area contributed by atoms with Crippen LogP contribution in [0, 0.1) is 11.8 Å². The summed E-state index contributed by atoms with van der Waals surface area (Å²) in [5.41, 5.74) is 0. The third kappa shape index (κ3) is 36.2. The molecule has 6 nitrogen and oxygen atoms in total. The van der Waals surface area contributed by atoms with E-state index in [4.69, 9.17) is 14.2 Å². The van der Waals surface area contributed by atoms with Crippen LogP contribution >= 0.6 is 0 Å². The first-order valence-corrected chi connectivity index (χ1v) is 21.8. The van der Waals surface area contributed by atoms with Gasteiger partial charge in [-0.25, -0.2) is 0 Å². The van der Waals surface area contributed by atoms with E-state index >= 15 is 0 Å². The molecule has 0 spiro atoms. The molecule has 0 N–H and O–H groups in total. The van der Waals surface area contributed by atoms with Gasteiger partial charge in [0.25, 0.3) is 0 Å². The van der Waals surface area contributed by atoms with E-state index in [1.54, 1.807) is 0 Å². The van der Waals surface area contributed by atoms with Crippen molar-refractivity contribution in [3.05, 3.63) is 0 Å². The van der Waals surface area contributed by atoms with Crippen LogP contribution in [0.15, 0.2) is 0 Å². The Kier molecular flexibility index (Phi) is 36.0. The van der Waals surface area contributed by atoms with Gasteiger partial charge in [0.15, 0.2) is 6.10 Å². The molecule has 0 aromatic heterocycles. The number of hydrogen-bond donors (Lipinski definition) is 0. The van der Waals surface area contributed by atoms with Crippen LogP contribution in [-0.2, 0) is 28.6 Å². The van der Waals surface area contributed by atoms with Gasteiger partial charge < -0.3 is 14.2 Å². The number of esters is 3. The molecular weight excluding hydrogens is 624 g/mol. The predicted octanol–water partition coefficient (Wildman–Crippen LogP) is 13.4. The van der Waals surface area contributed by atoms with Crippen LogP contribution in [0.3, 0.4) is 0 Å². The lowest BCUT2D eigenvalue weighted by molar-refractivity contribution is -0.167. The number of rotatable bonds is 38. The summed E-state index contributed by atoms with van der Waals surface area (Å²) in [6, 6.07) is 0. The summed E-state index contributed by atoms with van der Waals surface area (Å²) in [7, 11) is 0. The van der Waals surface area contributed by atoms with Crippen molar-refractivity contribution in [1.29, 1.82) is 0 Å². The molecule has 0 fully saturated rings. The summed E-state index contributed by atoms with van der Waals surface area (Å²) in [5, 5.41) is 0. The van der Waals surface area contributed by atoms with Crippen LogP contribution < -0.4 is 0 Å². The Morgan fingerprint density at radius 2 is 0.760 bits per heavy atom. The van der Waals surface area contributed by atoms with E-state index < -0.39 is 6.10 Å². The van der Waals surface area contributed by atoms with Gasteiger partial charge in [-0.2, -0.15) is 0 Å². The summed E-state index contributed by atoms with van der Waals surface area (Å²) in [5.74, 6) is 0.776. The average Bonchev–Trinajstić information content (AvgIpc) is 3.09. The molecule has 296 valence electrons. The Morgan fingerprint density at radius 3 is 1.14 bits per heavy atom. The van der Waals surface area contributed by atoms with E-state index in [0.29, 0.717) is 19.3 Å². The molecule has 0 bridgehead atoms. The highest BCUT2D eigenvalue weighted by Crippen LogP contribution is 2.17. The van der Waals surface area contributed by atoms with Crippen LogP contribution in [0.2, 0.25) is 0 Å². The van der Waals surface area contributed by atoms with Gasteiger partial charge in [0, 0.05) is 19.3 Å². The molecule has 0 aliphatic heterocycles. The fraction of sp³-hybridized carbons (Fsp3) is 0.932. The first kappa shape index (κ1) is 48.4. The van der Waals surface area contributed by atoms with E-state index in [1.807, 2.05) is 0 Å². The zero-order valence-electron chi connectivity index (χ0n) is 34.0. The minimum atomic E-state index is -0.760. The maximum absolute atomic E-state index is 12.7. The molecule has 0 rings (SSSR count). The average molecular weight is 709 g/mol. The summed E-state index contributed by atoms with van der Waals surface area (Å²) in [6.07, 6.45) is 33.7. The zero-order valence-corrected chi connectivity index (χ0v) is 34.0. The summed E-state index contributed by atoms with van der Waals surface area (Å²) in [6.45, 7) is 11.3. The molecule has 0 aliphatic rings. The smallest absolute Gasteiger partial charge is 0.306 e. The van der Waals surface area contributed by atoms with Crippen molar-refractivity contribution < 1.29 is 28.6 Å². The molecule has 0 saturated carbocycles. The minimum Gasteiger partial charge on any atom is -0.462 e. The normalized spacial score (nSPS) is 12.6. The molecule has 0 saturated heterocycles. The maximum Gasteiger partial charge on any atom is 0.306 e. The maximum atomic E-state index is 12.7. The van der Waals surface area contributed by atoms with Crippen LogP contribution in [0.4, 0.5) is 0 Å². The SMILES string of the molecule is CCCCCCCCCCCC(=O)OC[C@H](COC(=O)CCCCCCCCCCC(C)C)OC(=O)CCCCCCCCCCC(C)CC. The second-order valence-corrected chi connectivity index (χ2v) is 15.7. The second-order valence-electron chi connectivity index (χ2n) is 15.7. The van der Waals surface area contributed by atoms with E-state index in [0.717, 1.165) is 69.6 Å². The van der Waals surface area contributed by atoms with Gasteiger partial charge in [-0.3, -0.25) is 14.4 Å². The van der Waals surface area contributed by atoms with Gasteiger partial charge in [0.05, 0.1) is 0 Å². The van der Waals surface area contributed by atoms with E-state index in [9.17, 15) is 14.4 Å². The van der Waals surface area contributed by atoms with Crippen LogP contribution in [0.5, 0.6) is 0 Å². The number of hydrogen-bond acceptors (Lipinski definition) is 6. The molecule has 0 aliphatic carbocycles. The van der Waals surface area contributed by atoms with E-state index in [1.165, 1.54) is 122 Å². The van der Waals surface area contributed by atoms with Gasteiger partial charge in [0.1, 0.15) is 13.2 Å². The van der Waals surface area contributed by atoms with Gasteiger partial charge >= 0.3 is 17.9 Å². The highest BCUT2D eigenvalue weighted by Gasteiger charge is 2.19. The lowest BCUT2D eigenvalue weighted by Crippen LogP contribution is -2.30. The molecule has 2 atom stereocenters. The third-order valence-corrected chi connectivity index (χ3v) is 10.1. The van der Waals surface area contributed by atoms with Crippen molar-refractivity contribution in [2.75, 3.05) is 13.2 Å². The molecule has 50 heavy (non-hydrogen) atoms. The van der Waals surface area contributed by atoms with E-state index in [2.05, 4.69) is 34.6 Å². The Morgan fingerprint density at radius 1 is 0.420 bits per heavy atom. The summed E-state index contributed by atoms with van der Waals surface area (Å²) >= 11 is 0. The predicted molar refractivity (Wildman–Crippen MR) is 210 cm³/mol. The minimum absolute atomic E-state index is 0.0660. The molecule has 1 unspecified atom stereocenters. The van der Waals surface area contributed by atoms with Crippen LogP contribution in [0.25, 0.3) is 0 Å². The molecule has 0 amide bonds. The number of ether oxygens (including phenoxy) is 3. The second kappa shape index (κ2) is 37.2. The van der Waals surface area contributed by atoms with Crippen molar-refractivity contribution in [1.82, 2.24) is 0 Å². The standard InChI is InChI=1S/C44H84O6/c1-6-8-9-10-11-12-19-24-29-34-42(45)48-37-41(38-49-43(46)35-30-25-20-15-13-17-22-27-32-39(3)4)50-44(47)36-31-26-21-16-14-18-23-28-33-40(5)7-2/h39-41H,6-38H2,1-5H3/t40?,41-/m1/s1. The number of carbonyl (C=O) groups excluding carboxylic acids is 3. The molecule has 0 heterocycles. The molecule has 6 heteroatoms. The van der Waals surface area contributed by atoms with Gasteiger partial charge in [0.2, 0.25) is 0 Å². The third-order valence-electron chi connectivity index (χ3n) is 10.1. The van der Waals surface area contributed by atoms with Crippen molar-refractivity contribution in [2.24, 2.45) is 11.8 Å². The lowest BCUT2D eigenvalue weighted by Gasteiger charge is -2.18. The molecule has 0 aromatic rings. The molecule has 0 aromatic carbocycles. The van der Waals surface area contributed by atoms with Crippen LogP contribution in [-0.4, -0.2) is 37.2 Å². The topological polar surface area (TPSA) is 78.9 Å². The quantitative estimate of drug-likeness (QED) is 0.0361. The Bertz CT molecular complexity index is 766. The summed E-state index contributed by atoms with van der Waals surface area (Å²) in [4.78, 5) is 37.6. The Hall–Kier alpha value is -1.59. The monoisotopic (exact) mass is 709 g/mol. The highest BCUT2D eigenvalue weighted by atomic mass is 16.6. The lowest BCUT2D eigenvalue weighted by atomic mass is 9.99. The number of unbranched alkanes of at least 4 members (excludes halogenated alkanes) is 22. The van der Waals surface area contributed by atoms with Crippen molar-refractivity contribution in [3.63, 3.8) is 0 Å². The van der Waals surface area contributed by atoms with Crippen molar-refractivity contribution in [3.8, 4) is 0 Å². The van der Waals surface area contributed by atoms with Crippen molar-refractivity contribution in [2.45, 2.75) is 240 Å². The van der Waals surface area contributed by atoms with Gasteiger partial charge in [-0.05, 0) is 31.1 Å². The fourth-order valence-corrected chi connectivity index (χ4v) is 6.37. The Balaban J connectivity index is 4.36.